The number of hydrogen-bond donors (Lipinski definition) is 1. The van der Waals surface area contributed by atoms with Gasteiger partial charge in [0.2, 0.25) is 0 Å². The van der Waals surface area contributed by atoms with Crippen LogP contribution in [0.5, 0.6) is 5.75 Å². The third kappa shape index (κ3) is 5.49. The van der Waals surface area contributed by atoms with Crippen LogP contribution in [0.1, 0.15) is 21.9 Å². The van der Waals surface area contributed by atoms with Gasteiger partial charge < -0.3 is 14.5 Å². The van der Waals surface area contributed by atoms with Crippen molar-refractivity contribution in [1.29, 1.82) is 0 Å². The highest BCUT2D eigenvalue weighted by Crippen LogP contribution is 2.34. The molecule has 0 saturated carbocycles. The van der Waals surface area contributed by atoms with Crippen molar-refractivity contribution >= 4 is 46.6 Å². The number of benzene rings is 3. The molecule has 7 heteroatoms. The lowest BCUT2D eigenvalue weighted by atomic mass is 10.2. The summed E-state index contributed by atoms with van der Waals surface area (Å²) >= 11 is 13.7. The van der Waals surface area contributed by atoms with Gasteiger partial charge in [-0.2, -0.15) is 0 Å². The number of aryl methyl sites for hydroxylation is 1. The van der Waals surface area contributed by atoms with E-state index in [9.17, 15) is 4.79 Å². The second-order valence-corrected chi connectivity index (χ2v) is 8.91. The summed E-state index contributed by atoms with van der Waals surface area (Å²) < 4.78 is 11.5. The first kappa shape index (κ1) is 22.3. The maximum atomic E-state index is 12.8. The molecular weight excluding hydrogens is 465 g/mol. The smallest absolute Gasteiger partial charge is 0.291 e. The van der Waals surface area contributed by atoms with E-state index in [1.165, 1.54) is 11.8 Å². The van der Waals surface area contributed by atoms with Crippen LogP contribution in [0.2, 0.25) is 10.0 Å². The van der Waals surface area contributed by atoms with Gasteiger partial charge >= 0.3 is 0 Å². The zero-order valence-corrected chi connectivity index (χ0v) is 19.4. The molecule has 4 nitrogen and oxygen atoms in total. The molecule has 162 valence electrons. The summed E-state index contributed by atoms with van der Waals surface area (Å²) in [5.74, 6) is 0.989. The van der Waals surface area contributed by atoms with Crippen LogP contribution in [0.15, 0.2) is 93.1 Å². The molecule has 3 aromatic carbocycles. The highest BCUT2D eigenvalue weighted by molar-refractivity contribution is 7.99. The molecule has 4 aromatic rings. The lowest BCUT2D eigenvalue weighted by molar-refractivity contribution is 0.0992. The maximum Gasteiger partial charge on any atom is 0.291 e. The number of halogens is 2. The Bertz CT molecular complexity index is 1220. The fourth-order valence-corrected chi connectivity index (χ4v) is 4.30. The molecule has 0 spiro atoms. The van der Waals surface area contributed by atoms with Crippen LogP contribution >= 0.6 is 35.0 Å². The predicted molar refractivity (Wildman–Crippen MR) is 129 cm³/mol. The number of amides is 1. The summed E-state index contributed by atoms with van der Waals surface area (Å²) in [5, 5.41) is 4.13. The Morgan fingerprint density at radius 1 is 0.969 bits per heavy atom. The number of furan rings is 1. The summed E-state index contributed by atoms with van der Waals surface area (Å²) in [6.45, 7) is 2.09. The zero-order valence-electron chi connectivity index (χ0n) is 17.1. The summed E-state index contributed by atoms with van der Waals surface area (Å²) in [6.07, 6.45) is 0. The molecule has 0 aliphatic rings. The number of ether oxygens (including phenoxy) is 1. The van der Waals surface area contributed by atoms with Crippen LogP contribution in [0.25, 0.3) is 0 Å². The Balaban J connectivity index is 1.43. The summed E-state index contributed by atoms with van der Waals surface area (Å²) in [5.41, 5.74) is 1.62. The summed E-state index contributed by atoms with van der Waals surface area (Å²) in [6, 6.07) is 24.0. The molecule has 0 atom stereocenters. The first-order chi connectivity index (χ1) is 15.5. The third-order valence-corrected chi connectivity index (χ3v) is 6.22. The van der Waals surface area contributed by atoms with Crippen molar-refractivity contribution in [1.82, 2.24) is 0 Å². The van der Waals surface area contributed by atoms with Gasteiger partial charge in [-0.05, 0) is 67.1 Å². The molecule has 32 heavy (non-hydrogen) atoms. The van der Waals surface area contributed by atoms with Gasteiger partial charge in [0, 0.05) is 14.8 Å². The molecule has 0 unspecified atom stereocenters. The molecule has 1 aromatic heterocycles. The highest BCUT2D eigenvalue weighted by Gasteiger charge is 2.15. The lowest BCUT2D eigenvalue weighted by Gasteiger charge is -2.10. The van der Waals surface area contributed by atoms with Gasteiger partial charge in [0.15, 0.2) is 5.76 Å². The van der Waals surface area contributed by atoms with Crippen molar-refractivity contribution < 1.29 is 13.9 Å². The maximum absolute atomic E-state index is 12.8. The van der Waals surface area contributed by atoms with Crippen LogP contribution < -0.4 is 10.1 Å². The van der Waals surface area contributed by atoms with Gasteiger partial charge in [-0.1, -0.05) is 59.2 Å². The van der Waals surface area contributed by atoms with E-state index in [0.717, 1.165) is 15.4 Å². The second kappa shape index (κ2) is 10.2. The molecule has 0 saturated heterocycles. The van der Waals surface area contributed by atoms with Gasteiger partial charge in [0.1, 0.15) is 18.1 Å². The summed E-state index contributed by atoms with van der Waals surface area (Å²) in [7, 11) is 0. The van der Waals surface area contributed by atoms with E-state index >= 15 is 0 Å². The molecular formula is C25H19Cl2NO3S. The van der Waals surface area contributed by atoms with Crippen molar-refractivity contribution in [3.8, 4) is 5.75 Å². The standard InChI is InChI=1S/C25H19Cl2NO3S/c1-16-5-4-6-20(27)24(16)30-15-18-11-14-22(31-18)25(29)28-21-7-2-3-8-23(21)32-19-12-9-17(26)10-13-19/h2-14H,15H2,1H3,(H,28,29). The molecule has 0 aliphatic carbocycles. The first-order valence-electron chi connectivity index (χ1n) is 9.80. The van der Waals surface area contributed by atoms with Crippen molar-refractivity contribution in [2.24, 2.45) is 0 Å². The molecule has 4 rings (SSSR count). The van der Waals surface area contributed by atoms with Crippen molar-refractivity contribution in [2.75, 3.05) is 5.32 Å². The topological polar surface area (TPSA) is 51.5 Å². The number of rotatable bonds is 7. The molecule has 1 amide bonds. The minimum absolute atomic E-state index is 0.168. The number of nitrogens with one attached hydrogen (secondary N) is 1. The zero-order chi connectivity index (χ0) is 22.5. The summed E-state index contributed by atoms with van der Waals surface area (Å²) in [4.78, 5) is 14.7. The van der Waals surface area contributed by atoms with Crippen LogP contribution in [0.3, 0.4) is 0 Å². The van der Waals surface area contributed by atoms with Crippen LogP contribution in [0, 0.1) is 6.92 Å². The second-order valence-electron chi connectivity index (χ2n) is 6.95. The van der Waals surface area contributed by atoms with E-state index in [2.05, 4.69) is 5.32 Å². The monoisotopic (exact) mass is 483 g/mol. The highest BCUT2D eigenvalue weighted by atomic mass is 35.5. The van der Waals surface area contributed by atoms with Crippen LogP contribution in [-0.4, -0.2) is 5.91 Å². The van der Waals surface area contributed by atoms with Gasteiger partial charge in [0.05, 0.1) is 10.7 Å². The Labute approximate surface area is 200 Å². The third-order valence-electron chi connectivity index (χ3n) is 4.58. The number of hydrogen-bond acceptors (Lipinski definition) is 4. The van der Waals surface area contributed by atoms with E-state index in [4.69, 9.17) is 32.4 Å². The van der Waals surface area contributed by atoms with Crippen molar-refractivity contribution in [2.45, 2.75) is 23.3 Å². The van der Waals surface area contributed by atoms with E-state index in [-0.39, 0.29) is 18.3 Å². The number of para-hydroxylation sites is 2. The number of anilines is 1. The van der Waals surface area contributed by atoms with E-state index in [1.54, 1.807) is 18.2 Å². The minimum atomic E-state index is -0.339. The number of carbonyl (C=O) groups is 1. The molecule has 1 heterocycles. The van der Waals surface area contributed by atoms with Crippen molar-refractivity contribution in [3.05, 3.63) is 106 Å². The molecule has 0 fully saturated rings. The number of carbonyl (C=O) groups excluding carboxylic acids is 1. The SMILES string of the molecule is Cc1cccc(Cl)c1OCc1ccc(C(=O)Nc2ccccc2Sc2ccc(Cl)cc2)o1. The quantitative estimate of drug-likeness (QED) is 0.290. The van der Waals surface area contributed by atoms with E-state index in [0.29, 0.717) is 27.2 Å². The Kier molecular flexibility index (Phi) is 7.10. The average Bonchev–Trinajstić information content (AvgIpc) is 3.25. The predicted octanol–water partition coefficient (Wildman–Crippen LogP) is 7.88. The fourth-order valence-electron chi connectivity index (χ4n) is 2.99. The normalized spacial score (nSPS) is 10.7. The van der Waals surface area contributed by atoms with Crippen molar-refractivity contribution in [3.63, 3.8) is 0 Å². The fraction of sp³-hybridized carbons (Fsp3) is 0.0800. The van der Waals surface area contributed by atoms with Crippen LogP contribution in [0.4, 0.5) is 5.69 Å². The Morgan fingerprint density at radius 2 is 1.75 bits per heavy atom. The van der Waals surface area contributed by atoms with Gasteiger partial charge in [-0.25, -0.2) is 0 Å². The van der Waals surface area contributed by atoms with Crippen LogP contribution in [-0.2, 0) is 6.61 Å². The van der Waals surface area contributed by atoms with E-state index < -0.39 is 0 Å². The Hall–Kier alpha value is -2.86. The molecule has 0 aliphatic heterocycles. The minimum Gasteiger partial charge on any atom is -0.484 e. The van der Waals surface area contributed by atoms with E-state index in [1.807, 2.05) is 67.6 Å². The van der Waals surface area contributed by atoms with Gasteiger partial charge in [0.25, 0.3) is 5.91 Å². The van der Waals surface area contributed by atoms with Gasteiger partial charge in [-0.15, -0.1) is 0 Å². The molecule has 0 bridgehead atoms. The molecule has 0 radical (unpaired) electrons. The lowest BCUT2D eigenvalue weighted by Crippen LogP contribution is -2.11. The largest absolute Gasteiger partial charge is 0.484 e. The first-order valence-corrected chi connectivity index (χ1v) is 11.4. The average molecular weight is 484 g/mol. The molecule has 1 N–H and O–H groups in total. The Morgan fingerprint density at radius 3 is 2.53 bits per heavy atom. The van der Waals surface area contributed by atoms with Gasteiger partial charge in [-0.3, -0.25) is 4.79 Å².